The monoisotopic (exact) mass is 1310 g/mol. The molecule has 1 aliphatic carbocycles. The van der Waals surface area contributed by atoms with E-state index in [1.807, 2.05) is 4.90 Å². The number of hydrogen-bond acceptors (Lipinski definition) is 18. The number of methoxy groups -OCH3 is 1. The number of hydrogen-bond donors (Lipinski definition) is 5. The van der Waals surface area contributed by atoms with Crippen LogP contribution in [0.1, 0.15) is 89.7 Å². The van der Waals surface area contributed by atoms with E-state index in [1.54, 1.807) is 61.8 Å². The van der Waals surface area contributed by atoms with E-state index in [9.17, 15) is 79.2 Å². The Morgan fingerprint density at radius 1 is 0.674 bits per heavy atom. The van der Waals surface area contributed by atoms with Gasteiger partial charge in [0.05, 0.1) is 60.4 Å². The first-order valence-corrected chi connectivity index (χ1v) is 34.5. The van der Waals surface area contributed by atoms with Gasteiger partial charge in [0, 0.05) is 83.2 Å². The highest BCUT2D eigenvalue weighted by Crippen LogP contribution is 2.54. The van der Waals surface area contributed by atoms with Crippen molar-refractivity contribution in [3.63, 3.8) is 0 Å². The van der Waals surface area contributed by atoms with E-state index >= 15 is 0 Å². The third kappa shape index (κ3) is 14.2. The molecule has 0 radical (unpaired) electrons. The molecule has 1 atom stereocenters. The molecule has 0 spiro atoms. The second kappa shape index (κ2) is 25.3. The average Bonchev–Trinajstić information content (AvgIpc) is 1.52. The first kappa shape index (κ1) is 66.1. The number of nitrogens with zero attached hydrogens (tertiary/aromatic N) is 3. The van der Waals surface area contributed by atoms with Gasteiger partial charge in [0.15, 0.2) is 5.71 Å². The molecular weight excluding hydrogens is 1250 g/mol. The second-order valence-corrected chi connectivity index (χ2v) is 29.1. The summed E-state index contributed by atoms with van der Waals surface area (Å²) in [7, 11) is -23.4. The minimum absolute atomic E-state index is 0.0274. The molecule has 25 nitrogen and oxygen atoms in total. The molecule has 2 amide bonds. The number of fused-ring (bicyclic) bond motifs is 6. The van der Waals surface area contributed by atoms with E-state index in [2.05, 4.69) is 0 Å². The number of amides is 2. The Kier molecular flexibility index (Phi) is 19.5. The summed E-state index contributed by atoms with van der Waals surface area (Å²) in [5, 5.41) is 0.538. The molecule has 4 aromatic carbocycles. The summed E-state index contributed by atoms with van der Waals surface area (Å²) in [4.78, 5) is 41.1. The van der Waals surface area contributed by atoms with E-state index in [-0.39, 0.29) is 98.5 Å². The minimum atomic E-state index is -5.15. The van der Waals surface area contributed by atoms with Crippen molar-refractivity contribution in [2.45, 2.75) is 109 Å². The van der Waals surface area contributed by atoms with Crippen LogP contribution in [0.4, 0.5) is 11.4 Å². The maximum Gasteiger partial charge on any atom is 0.333 e. The minimum Gasteiger partial charge on any atom is -0.382 e. The van der Waals surface area contributed by atoms with Gasteiger partial charge in [-0.1, -0.05) is 29.8 Å². The van der Waals surface area contributed by atoms with Crippen LogP contribution in [0, 0.1) is 0 Å². The lowest BCUT2D eigenvalue weighted by Crippen LogP contribution is -2.32. The number of anilines is 1. The van der Waals surface area contributed by atoms with Crippen molar-refractivity contribution in [2.24, 2.45) is 0 Å². The molecule has 86 heavy (non-hydrogen) atoms. The zero-order valence-corrected chi connectivity index (χ0v) is 51.7. The van der Waals surface area contributed by atoms with Crippen LogP contribution < -0.4 is 4.90 Å². The molecule has 4 aliphatic rings. The quantitative estimate of drug-likeness (QED) is 0.0195. The number of carbonyl (C=O) groups is 3. The number of carbonyl (C=O) groups excluding carboxylic acids is 3. The molecular formula is C55H63ClN3O22S5+. The number of imide groups is 1. The molecule has 31 heteroatoms. The van der Waals surface area contributed by atoms with Gasteiger partial charge in [0.25, 0.3) is 62.4 Å². The number of ether oxygens (including phenoxy) is 3. The Labute approximate surface area is 502 Å². The van der Waals surface area contributed by atoms with Gasteiger partial charge < -0.3 is 23.9 Å². The molecule has 5 N–H and O–H groups in total. The fraction of sp³-hybridized carbons (Fsp3) is 0.418. The van der Waals surface area contributed by atoms with E-state index in [0.29, 0.717) is 94.2 Å². The van der Waals surface area contributed by atoms with Crippen LogP contribution in [-0.4, -0.2) is 157 Å². The third-order valence-corrected chi connectivity index (χ3v) is 20.2. The molecule has 8 rings (SSSR count). The molecule has 0 bridgehead atoms. The highest BCUT2D eigenvalue weighted by atomic mass is 35.5. The molecule has 466 valence electrons. The Morgan fingerprint density at radius 2 is 1.24 bits per heavy atom. The van der Waals surface area contributed by atoms with Crippen molar-refractivity contribution >= 4 is 119 Å². The number of halogens is 1. The van der Waals surface area contributed by atoms with Crippen molar-refractivity contribution < 1.29 is 103 Å². The third-order valence-electron chi connectivity index (χ3n) is 15.4. The van der Waals surface area contributed by atoms with Crippen molar-refractivity contribution in [2.75, 3.05) is 63.9 Å². The van der Waals surface area contributed by atoms with Gasteiger partial charge in [-0.05, 0) is 123 Å². The largest absolute Gasteiger partial charge is 0.382 e. The first-order valence-electron chi connectivity index (χ1n) is 26.8. The maximum atomic E-state index is 13.0. The van der Waals surface area contributed by atoms with Crippen molar-refractivity contribution in [1.82, 2.24) is 5.06 Å². The van der Waals surface area contributed by atoms with Gasteiger partial charge >= 0.3 is 5.97 Å². The molecule has 0 saturated carbocycles. The van der Waals surface area contributed by atoms with E-state index in [1.165, 1.54) is 19.2 Å². The van der Waals surface area contributed by atoms with Gasteiger partial charge in [-0.2, -0.15) is 46.7 Å². The highest BCUT2D eigenvalue weighted by Gasteiger charge is 2.48. The molecule has 1 saturated heterocycles. The normalized spacial score (nSPS) is 19.6. The summed E-state index contributed by atoms with van der Waals surface area (Å²) < 4.78 is 196. The van der Waals surface area contributed by atoms with E-state index < -0.39 is 105 Å². The summed E-state index contributed by atoms with van der Waals surface area (Å²) in [6.07, 6.45) is 7.63. The van der Waals surface area contributed by atoms with Crippen LogP contribution >= 0.6 is 11.6 Å². The number of rotatable bonds is 25. The standard InChI is InChI=1S/C55H62ClN3O22S5/c1-54(2)46(57(22-6-10-50(62)81-59-48(60)19-20-49(59)61)42-15-13-38-40(51(42)54)30-36(83(66,67)68)32-44(38)85(72,73)74)17-11-34-8-5-9-35(53(34)56)12-18-47-55(3,21-7-29-82(63,64)65)52-41-31-37(84(69,70)71)33-45(86(75,76)77)39(41)14-16-43(52)58(47)23-24-79-27-28-80-26-25-78-4/h11-18,30-33H,5-10,19-29H2,1-4H3,(H4-,63,64,65,66,67,68,69,70,71,72,73,74,75,76,77)/p+1. The lowest BCUT2D eigenvalue weighted by atomic mass is 9.75. The van der Waals surface area contributed by atoms with Crippen LogP contribution in [0.5, 0.6) is 0 Å². The predicted octanol–water partition coefficient (Wildman–Crippen LogP) is 6.91. The fourth-order valence-electron chi connectivity index (χ4n) is 11.6. The number of hydroxylamine groups is 2. The summed E-state index contributed by atoms with van der Waals surface area (Å²) in [6, 6.07) is 9.23. The predicted molar refractivity (Wildman–Crippen MR) is 312 cm³/mol. The fourth-order valence-corrected chi connectivity index (χ4v) is 15.1. The van der Waals surface area contributed by atoms with Crippen molar-refractivity contribution in [3.8, 4) is 0 Å². The lowest BCUT2D eigenvalue weighted by Gasteiger charge is -2.31. The molecule has 0 aromatic heterocycles. The number of allylic oxidation sites excluding steroid dienone is 8. The van der Waals surface area contributed by atoms with Gasteiger partial charge in [-0.25, -0.2) is 4.79 Å². The van der Waals surface area contributed by atoms with Crippen molar-refractivity contribution in [3.05, 3.63) is 106 Å². The topological polar surface area (TPSA) is 369 Å². The number of benzene rings is 4. The Bertz CT molecular complexity index is 4220. The lowest BCUT2D eigenvalue weighted by molar-refractivity contribution is -0.438. The summed E-state index contributed by atoms with van der Waals surface area (Å²) >= 11 is 7.35. The molecule has 1 fully saturated rings. The van der Waals surface area contributed by atoms with E-state index in [0.717, 1.165) is 12.1 Å². The molecule has 3 aliphatic heterocycles. The Balaban J connectivity index is 1.25. The van der Waals surface area contributed by atoms with Crippen LogP contribution in [0.25, 0.3) is 21.5 Å². The van der Waals surface area contributed by atoms with Crippen LogP contribution in [-0.2, 0) is 94.9 Å². The summed E-state index contributed by atoms with van der Waals surface area (Å²) in [6.45, 7) is 6.46. The molecule has 1 unspecified atom stereocenters. The van der Waals surface area contributed by atoms with E-state index in [4.69, 9.17) is 30.6 Å². The summed E-state index contributed by atoms with van der Waals surface area (Å²) in [5.41, 5.74) is 1.14. The van der Waals surface area contributed by atoms with Crippen LogP contribution in [0.2, 0.25) is 0 Å². The van der Waals surface area contributed by atoms with Gasteiger partial charge in [0.2, 0.25) is 5.69 Å². The molecule has 3 heterocycles. The van der Waals surface area contributed by atoms with Crippen LogP contribution in [0.3, 0.4) is 0 Å². The Hall–Kier alpha value is -5.84. The van der Waals surface area contributed by atoms with Crippen molar-refractivity contribution in [1.29, 1.82) is 0 Å². The van der Waals surface area contributed by atoms with Gasteiger partial charge in [-0.15, -0.1) is 5.06 Å². The first-order chi connectivity index (χ1) is 40.1. The van der Waals surface area contributed by atoms with Gasteiger partial charge in [-0.3, -0.25) is 32.4 Å². The maximum absolute atomic E-state index is 13.0. The van der Waals surface area contributed by atoms with Crippen LogP contribution in [0.15, 0.2) is 114 Å². The zero-order valence-electron chi connectivity index (χ0n) is 46.9. The SMILES string of the molecule is COCCOCCOCCN1C(=CC=C2CCCC(C=CC3=[N+](CCCC(=O)ON4C(=O)CCC4=O)c4ccc5c(S(=O)(=O)O)cc(S(=O)(=O)O)cc5c4C3(C)C)=C2Cl)C(C)(CCCS(=O)(=O)O)c2c1ccc1c(S(=O)(=O)O)cc(S(=O)(=O)O)cc21. The van der Waals surface area contributed by atoms with Gasteiger partial charge in [0.1, 0.15) is 16.3 Å². The molecule has 4 aromatic rings. The Morgan fingerprint density at radius 3 is 1.81 bits per heavy atom. The zero-order chi connectivity index (χ0) is 63.1. The summed E-state index contributed by atoms with van der Waals surface area (Å²) in [5.74, 6) is -2.93. The second-order valence-electron chi connectivity index (χ2n) is 21.5. The highest BCUT2D eigenvalue weighted by molar-refractivity contribution is 7.87. The average molecular weight is 1310 g/mol. The smallest absolute Gasteiger partial charge is 0.333 e.